The third-order valence-electron chi connectivity index (χ3n) is 1.67. The summed E-state index contributed by atoms with van der Waals surface area (Å²) < 4.78 is 10.4. The van der Waals surface area contributed by atoms with Crippen LogP contribution in [0.25, 0.3) is 0 Å². The van der Waals surface area contributed by atoms with Gasteiger partial charge in [0.05, 0.1) is 0 Å². The molecule has 1 atom stereocenters. The SMILES string of the molecule is [CH]=CC(COc1ccccc1)OC. The fourth-order valence-corrected chi connectivity index (χ4v) is 0.897. The van der Waals surface area contributed by atoms with Gasteiger partial charge in [0.25, 0.3) is 0 Å². The van der Waals surface area contributed by atoms with Gasteiger partial charge in [-0.15, -0.1) is 0 Å². The van der Waals surface area contributed by atoms with Gasteiger partial charge in [-0.05, 0) is 12.1 Å². The van der Waals surface area contributed by atoms with E-state index in [4.69, 9.17) is 16.1 Å². The third kappa shape index (κ3) is 3.30. The molecule has 0 fully saturated rings. The van der Waals surface area contributed by atoms with Crippen LogP contribution in [-0.2, 0) is 4.74 Å². The van der Waals surface area contributed by atoms with E-state index in [0.717, 1.165) is 5.75 Å². The molecule has 0 amide bonds. The van der Waals surface area contributed by atoms with E-state index in [2.05, 4.69) is 0 Å². The van der Waals surface area contributed by atoms with Crippen LogP contribution in [0.3, 0.4) is 0 Å². The summed E-state index contributed by atoms with van der Waals surface area (Å²) in [5, 5.41) is 0. The lowest BCUT2D eigenvalue weighted by Gasteiger charge is -2.11. The Balaban J connectivity index is 2.38. The number of hydrogen-bond acceptors (Lipinski definition) is 2. The number of benzene rings is 1. The van der Waals surface area contributed by atoms with Crippen LogP contribution in [0, 0.1) is 6.58 Å². The average Bonchev–Trinajstić information content (AvgIpc) is 2.21. The number of para-hydroxylation sites is 1. The molecule has 0 bridgehead atoms. The van der Waals surface area contributed by atoms with Gasteiger partial charge < -0.3 is 9.47 Å². The summed E-state index contributed by atoms with van der Waals surface area (Å²) in [4.78, 5) is 0. The standard InChI is InChI=1S/C11H13O2/c1-3-10(12-2)9-13-11-7-5-4-6-8-11/h1,3-8,10H,9H2,2H3. The van der Waals surface area contributed by atoms with Crippen LogP contribution in [0.1, 0.15) is 0 Å². The van der Waals surface area contributed by atoms with Crippen molar-refractivity contribution in [3.8, 4) is 5.75 Å². The van der Waals surface area contributed by atoms with E-state index in [1.165, 1.54) is 6.08 Å². The molecule has 1 unspecified atom stereocenters. The summed E-state index contributed by atoms with van der Waals surface area (Å²) in [6.07, 6.45) is 1.32. The van der Waals surface area contributed by atoms with Gasteiger partial charge in [0.2, 0.25) is 0 Å². The molecule has 2 heteroatoms. The van der Waals surface area contributed by atoms with Crippen molar-refractivity contribution in [3.63, 3.8) is 0 Å². The average molecular weight is 177 g/mol. The van der Waals surface area contributed by atoms with Crippen LogP contribution in [0.5, 0.6) is 5.75 Å². The largest absolute Gasteiger partial charge is 0.491 e. The van der Waals surface area contributed by atoms with Crippen LogP contribution >= 0.6 is 0 Å². The molecule has 2 nitrogen and oxygen atoms in total. The lowest BCUT2D eigenvalue weighted by Crippen LogP contribution is -2.17. The molecule has 1 aromatic rings. The zero-order valence-electron chi connectivity index (χ0n) is 7.64. The van der Waals surface area contributed by atoms with E-state index in [1.807, 2.05) is 30.3 Å². The Hall–Kier alpha value is -1.28. The third-order valence-corrected chi connectivity index (χ3v) is 1.67. The first-order chi connectivity index (χ1) is 6.36. The first kappa shape index (κ1) is 9.81. The first-order valence-corrected chi connectivity index (χ1v) is 4.12. The first-order valence-electron chi connectivity index (χ1n) is 4.12. The van der Waals surface area contributed by atoms with Crippen molar-refractivity contribution in [2.75, 3.05) is 13.7 Å². The maximum atomic E-state index is 5.41. The van der Waals surface area contributed by atoms with Crippen molar-refractivity contribution in [2.24, 2.45) is 0 Å². The molecule has 0 saturated carbocycles. The fourth-order valence-electron chi connectivity index (χ4n) is 0.897. The smallest absolute Gasteiger partial charge is 0.119 e. The second-order valence-electron chi connectivity index (χ2n) is 2.59. The van der Waals surface area contributed by atoms with E-state index in [1.54, 1.807) is 7.11 Å². The molecule has 0 aromatic heterocycles. The molecule has 0 heterocycles. The molecule has 1 radical (unpaired) electrons. The molecule has 0 aliphatic carbocycles. The Kier molecular flexibility index (Phi) is 4.06. The highest BCUT2D eigenvalue weighted by Gasteiger charge is 2.01. The Labute approximate surface area is 78.8 Å². The predicted molar refractivity (Wildman–Crippen MR) is 51.6 cm³/mol. The molecule has 13 heavy (non-hydrogen) atoms. The van der Waals surface area contributed by atoms with Crippen molar-refractivity contribution < 1.29 is 9.47 Å². The van der Waals surface area contributed by atoms with Crippen molar-refractivity contribution in [2.45, 2.75) is 6.10 Å². The lowest BCUT2D eigenvalue weighted by molar-refractivity contribution is 0.0917. The molecule has 1 rings (SSSR count). The lowest BCUT2D eigenvalue weighted by atomic mass is 10.3. The van der Waals surface area contributed by atoms with Crippen molar-refractivity contribution >= 4 is 0 Å². The topological polar surface area (TPSA) is 18.5 Å². The zero-order chi connectivity index (χ0) is 9.52. The van der Waals surface area contributed by atoms with Gasteiger partial charge in [-0.25, -0.2) is 0 Å². The molecule has 0 saturated heterocycles. The van der Waals surface area contributed by atoms with Gasteiger partial charge in [0, 0.05) is 7.11 Å². The van der Waals surface area contributed by atoms with Crippen LogP contribution in [0.15, 0.2) is 36.4 Å². The highest BCUT2D eigenvalue weighted by atomic mass is 16.5. The van der Waals surface area contributed by atoms with E-state index in [0.29, 0.717) is 6.61 Å². The number of ether oxygens (including phenoxy) is 2. The van der Waals surface area contributed by atoms with E-state index in [-0.39, 0.29) is 6.10 Å². The predicted octanol–water partition coefficient (Wildman–Crippen LogP) is 2.07. The van der Waals surface area contributed by atoms with Gasteiger partial charge in [-0.2, -0.15) is 0 Å². The van der Waals surface area contributed by atoms with Gasteiger partial charge >= 0.3 is 0 Å². The van der Waals surface area contributed by atoms with Gasteiger partial charge in [0.1, 0.15) is 18.5 Å². The molecular formula is C11H13O2. The van der Waals surface area contributed by atoms with E-state index < -0.39 is 0 Å². The van der Waals surface area contributed by atoms with Crippen molar-refractivity contribution in [1.82, 2.24) is 0 Å². The summed E-state index contributed by atoms with van der Waals surface area (Å²) in [6.45, 7) is 5.76. The minimum atomic E-state index is -0.153. The molecule has 0 N–H and O–H groups in total. The molecule has 0 spiro atoms. The second kappa shape index (κ2) is 5.38. The molecule has 1 aromatic carbocycles. The number of methoxy groups -OCH3 is 1. The van der Waals surface area contributed by atoms with Gasteiger partial charge in [-0.1, -0.05) is 30.9 Å². The van der Waals surface area contributed by atoms with Crippen LogP contribution < -0.4 is 4.74 Å². The highest BCUT2D eigenvalue weighted by molar-refractivity contribution is 5.20. The Morgan fingerprint density at radius 1 is 1.38 bits per heavy atom. The Morgan fingerprint density at radius 3 is 2.62 bits per heavy atom. The summed E-state index contributed by atoms with van der Waals surface area (Å²) in [5.41, 5.74) is 0. The van der Waals surface area contributed by atoms with Crippen LogP contribution in [-0.4, -0.2) is 19.8 Å². The summed E-state index contributed by atoms with van der Waals surface area (Å²) in [5.74, 6) is 0.825. The molecule has 0 aliphatic heterocycles. The second-order valence-corrected chi connectivity index (χ2v) is 2.59. The monoisotopic (exact) mass is 177 g/mol. The minimum absolute atomic E-state index is 0.153. The maximum Gasteiger partial charge on any atom is 0.119 e. The summed E-state index contributed by atoms with van der Waals surface area (Å²) in [7, 11) is 1.60. The maximum absolute atomic E-state index is 5.41. The normalized spacial score (nSPS) is 12.1. The number of rotatable bonds is 5. The molecule has 0 aliphatic rings. The van der Waals surface area contributed by atoms with Crippen molar-refractivity contribution in [1.29, 1.82) is 0 Å². The van der Waals surface area contributed by atoms with Crippen LogP contribution in [0.4, 0.5) is 0 Å². The Morgan fingerprint density at radius 2 is 2.08 bits per heavy atom. The summed E-state index contributed by atoms with van der Waals surface area (Å²) >= 11 is 0. The quantitative estimate of drug-likeness (QED) is 0.685. The molecular weight excluding hydrogens is 164 g/mol. The van der Waals surface area contributed by atoms with E-state index in [9.17, 15) is 0 Å². The minimum Gasteiger partial charge on any atom is -0.491 e. The van der Waals surface area contributed by atoms with Gasteiger partial charge in [-0.3, -0.25) is 0 Å². The number of hydrogen-bond donors (Lipinski definition) is 0. The van der Waals surface area contributed by atoms with Gasteiger partial charge in [0.15, 0.2) is 0 Å². The van der Waals surface area contributed by atoms with Crippen LogP contribution in [0.2, 0.25) is 0 Å². The highest BCUT2D eigenvalue weighted by Crippen LogP contribution is 2.08. The Bertz CT molecular complexity index is 244. The molecule has 69 valence electrons. The van der Waals surface area contributed by atoms with Crippen molar-refractivity contribution in [3.05, 3.63) is 43.0 Å². The van der Waals surface area contributed by atoms with E-state index >= 15 is 0 Å². The zero-order valence-corrected chi connectivity index (χ0v) is 7.64. The summed E-state index contributed by atoms with van der Waals surface area (Å²) in [6, 6.07) is 9.56. The fraction of sp³-hybridized carbons (Fsp3) is 0.273.